The second kappa shape index (κ2) is 9.26. The van der Waals surface area contributed by atoms with Gasteiger partial charge in [0, 0.05) is 36.6 Å². The summed E-state index contributed by atoms with van der Waals surface area (Å²) >= 11 is 0. The Balaban J connectivity index is 1.43. The van der Waals surface area contributed by atoms with Gasteiger partial charge in [0.15, 0.2) is 29.5 Å². The highest BCUT2D eigenvalue weighted by Crippen LogP contribution is 2.33. The first-order chi connectivity index (χ1) is 14.7. The van der Waals surface area contributed by atoms with Gasteiger partial charge in [0.1, 0.15) is 6.04 Å². The van der Waals surface area contributed by atoms with Crippen LogP contribution in [0.1, 0.15) is 30.9 Å². The summed E-state index contributed by atoms with van der Waals surface area (Å²) in [5.74, 6) is 2.83. The van der Waals surface area contributed by atoms with Gasteiger partial charge in [0.25, 0.3) is 5.91 Å². The molecule has 30 heavy (non-hydrogen) atoms. The average molecular weight is 413 g/mol. The second-order valence-corrected chi connectivity index (χ2v) is 7.65. The van der Waals surface area contributed by atoms with Gasteiger partial charge in [-0.2, -0.15) is 0 Å². The van der Waals surface area contributed by atoms with Crippen molar-refractivity contribution < 1.29 is 28.6 Å². The number of fused-ring (bicyclic) bond motifs is 1. The Hall–Kier alpha value is -2.93. The zero-order chi connectivity index (χ0) is 20.9. The predicted molar refractivity (Wildman–Crippen MR) is 113 cm³/mol. The topological polar surface area (TPSA) is 70.5 Å². The first kappa shape index (κ1) is 20.3. The number of carbonyl (C=O) groups excluding carboxylic acids is 1. The third-order valence-electron chi connectivity index (χ3n) is 5.71. The Kier molecular flexibility index (Phi) is 6.28. The Morgan fingerprint density at radius 1 is 1.03 bits per heavy atom. The van der Waals surface area contributed by atoms with E-state index in [0.717, 1.165) is 37.3 Å². The predicted octanol–water partition coefficient (Wildman–Crippen LogP) is 2.22. The van der Waals surface area contributed by atoms with Crippen molar-refractivity contribution in [2.24, 2.45) is 0 Å². The van der Waals surface area contributed by atoms with Crippen LogP contribution in [-0.2, 0) is 4.79 Å². The molecule has 2 aromatic rings. The van der Waals surface area contributed by atoms with Crippen LogP contribution in [0.3, 0.4) is 0 Å². The third kappa shape index (κ3) is 4.46. The van der Waals surface area contributed by atoms with Crippen LogP contribution in [0, 0.1) is 0 Å². The maximum Gasteiger partial charge on any atom is 0.279 e. The van der Waals surface area contributed by atoms with Crippen LogP contribution < -0.4 is 29.2 Å². The molecular weight excluding hydrogens is 384 g/mol. The van der Waals surface area contributed by atoms with Crippen LogP contribution in [-0.4, -0.2) is 46.4 Å². The number of anilines is 1. The van der Waals surface area contributed by atoms with E-state index in [9.17, 15) is 4.79 Å². The average Bonchev–Trinajstić information content (AvgIpc) is 3.08. The highest BCUT2D eigenvalue weighted by atomic mass is 16.5. The molecule has 0 spiro atoms. The van der Waals surface area contributed by atoms with E-state index in [0.29, 0.717) is 36.9 Å². The Labute approximate surface area is 176 Å². The first-order valence-electron chi connectivity index (χ1n) is 10.4. The van der Waals surface area contributed by atoms with Gasteiger partial charge in [0.05, 0.1) is 34.0 Å². The molecule has 0 saturated carbocycles. The number of ether oxygens (including phenoxy) is 4. The minimum Gasteiger partial charge on any atom is -0.493 e. The monoisotopic (exact) mass is 413 g/mol. The van der Waals surface area contributed by atoms with Crippen LogP contribution in [0.4, 0.5) is 5.69 Å². The lowest BCUT2D eigenvalue weighted by atomic mass is 10.0. The van der Waals surface area contributed by atoms with E-state index in [-0.39, 0.29) is 11.9 Å². The van der Waals surface area contributed by atoms with Crippen LogP contribution >= 0.6 is 0 Å². The Morgan fingerprint density at radius 3 is 2.63 bits per heavy atom. The van der Waals surface area contributed by atoms with Crippen LogP contribution in [0.15, 0.2) is 36.4 Å². The molecule has 0 aliphatic carbocycles. The quantitative estimate of drug-likeness (QED) is 0.760. The van der Waals surface area contributed by atoms with Crippen molar-refractivity contribution in [3.05, 3.63) is 42.0 Å². The van der Waals surface area contributed by atoms with E-state index in [1.165, 1.54) is 10.5 Å². The lowest BCUT2D eigenvalue weighted by Gasteiger charge is -2.22. The summed E-state index contributed by atoms with van der Waals surface area (Å²) in [6.07, 6.45) is 3.04. The fourth-order valence-corrected chi connectivity index (χ4v) is 4.25. The summed E-state index contributed by atoms with van der Waals surface area (Å²) < 4.78 is 22.2. The number of quaternary nitrogens is 1. The number of hydrogen-bond acceptors (Lipinski definition) is 5. The molecule has 0 bridgehead atoms. The summed E-state index contributed by atoms with van der Waals surface area (Å²) in [6, 6.07) is 11.8. The lowest BCUT2D eigenvalue weighted by Crippen LogP contribution is -3.11. The zero-order valence-corrected chi connectivity index (χ0v) is 17.5. The molecule has 1 fully saturated rings. The van der Waals surface area contributed by atoms with E-state index >= 15 is 0 Å². The minimum absolute atomic E-state index is 0.0153. The summed E-state index contributed by atoms with van der Waals surface area (Å²) in [6.45, 7) is 2.74. The van der Waals surface area contributed by atoms with Crippen LogP contribution in [0.2, 0.25) is 0 Å². The van der Waals surface area contributed by atoms with Gasteiger partial charge in [-0.05, 0) is 30.3 Å². The fourth-order valence-electron chi connectivity index (χ4n) is 4.25. The number of nitrogens with one attached hydrogen (secondary N) is 2. The third-order valence-corrected chi connectivity index (χ3v) is 5.71. The maximum atomic E-state index is 12.7. The molecule has 2 aliphatic heterocycles. The zero-order valence-electron chi connectivity index (χ0n) is 17.5. The number of benzene rings is 2. The molecule has 2 heterocycles. The SMILES string of the molecule is COc1ccc(NC(=O)C[NH+]2CCC[C@H]2c2ccc3c(c2)OCCCO3)cc1OC. The van der Waals surface area contributed by atoms with Crippen LogP contribution in [0.25, 0.3) is 0 Å². The molecule has 1 amide bonds. The number of rotatable bonds is 6. The van der Waals surface area contributed by atoms with Crippen LogP contribution in [0.5, 0.6) is 23.0 Å². The standard InChI is InChI=1S/C23H28N2O5/c1-27-19-9-7-17(14-21(19)28-2)24-23(26)15-25-10-3-5-18(25)16-6-8-20-22(13-16)30-12-4-11-29-20/h6-9,13-14,18H,3-5,10-12,15H2,1-2H3,(H,24,26)/p+1/t18-/m0/s1. The highest BCUT2D eigenvalue weighted by Gasteiger charge is 2.32. The molecule has 1 saturated heterocycles. The minimum atomic E-state index is -0.0153. The molecule has 7 nitrogen and oxygen atoms in total. The summed E-state index contributed by atoms with van der Waals surface area (Å²) in [7, 11) is 3.17. The van der Waals surface area contributed by atoms with Gasteiger partial charge in [-0.1, -0.05) is 0 Å². The van der Waals surface area contributed by atoms with Crippen molar-refractivity contribution in [3.63, 3.8) is 0 Å². The second-order valence-electron chi connectivity index (χ2n) is 7.65. The summed E-state index contributed by atoms with van der Waals surface area (Å²) in [5.41, 5.74) is 1.90. The Bertz CT molecular complexity index is 901. The lowest BCUT2D eigenvalue weighted by molar-refractivity contribution is -0.910. The molecule has 0 radical (unpaired) electrons. The number of methoxy groups -OCH3 is 2. The van der Waals surface area contributed by atoms with E-state index in [4.69, 9.17) is 18.9 Å². The Morgan fingerprint density at radius 2 is 1.83 bits per heavy atom. The molecule has 4 rings (SSSR count). The smallest absolute Gasteiger partial charge is 0.279 e. The van der Waals surface area contributed by atoms with Crippen molar-refractivity contribution in [1.82, 2.24) is 0 Å². The number of hydrogen-bond donors (Lipinski definition) is 2. The summed E-state index contributed by atoms with van der Waals surface area (Å²) in [4.78, 5) is 14.0. The highest BCUT2D eigenvalue weighted by molar-refractivity contribution is 5.91. The fraction of sp³-hybridized carbons (Fsp3) is 0.435. The van der Waals surface area contributed by atoms with E-state index in [1.807, 2.05) is 12.1 Å². The molecule has 2 N–H and O–H groups in total. The van der Waals surface area contributed by atoms with Gasteiger partial charge in [0.2, 0.25) is 0 Å². The molecule has 2 aromatic carbocycles. The maximum absolute atomic E-state index is 12.7. The van der Waals surface area contributed by atoms with Crippen molar-refractivity contribution in [2.45, 2.75) is 25.3 Å². The van der Waals surface area contributed by atoms with E-state index in [2.05, 4.69) is 17.4 Å². The van der Waals surface area contributed by atoms with Crippen molar-refractivity contribution in [1.29, 1.82) is 0 Å². The number of carbonyl (C=O) groups is 1. The van der Waals surface area contributed by atoms with Gasteiger partial charge in [-0.15, -0.1) is 0 Å². The van der Waals surface area contributed by atoms with Crippen molar-refractivity contribution >= 4 is 11.6 Å². The van der Waals surface area contributed by atoms with E-state index < -0.39 is 0 Å². The van der Waals surface area contributed by atoms with Crippen molar-refractivity contribution in [3.8, 4) is 23.0 Å². The molecule has 2 atom stereocenters. The molecule has 0 aromatic heterocycles. The molecular formula is C23H29N2O5+. The first-order valence-corrected chi connectivity index (χ1v) is 10.4. The molecule has 7 heteroatoms. The summed E-state index contributed by atoms with van der Waals surface area (Å²) in [5, 5.41) is 2.99. The largest absolute Gasteiger partial charge is 0.493 e. The van der Waals surface area contributed by atoms with Crippen molar-refractivity contribution in [2.75, 3.05) is 45.8 Å². The molecule has 160 valence electrons. The normalized spacial score (nSPS) is 20.3. The van der Waals surface area contributed by atoms with Gasteiger partial charge >= 0.3 is 0 Å². The molecule has 1 unspecified atom stereocenters. The van der Waals surface area contributed by atoms with Gasteiger partial charge in [-0.3, -0.25) is 4.79 Å². The van der Waals surface area contributed by atoms with Gasteiger partial charge < -0.3 is 29.2 Å². The van der Waals surface area contributed by atoms with Gasteiger partial charge in [-0.25, -0.2) is 0 Å². The number of likely N-dealkylation sites (tertiary alicyclic amines) is 1. The number of amides is 1. The molecule has 2 aliphatic rings. The van der Waals surface area contributed by atoms with E-state index in [1.54, 1.807) is 26.4 Å².